The van der Waals surface area contributed by atoms with Crippen LogP contribution in [0.2, 0.25) is 0 Å². The summed E-state index contributed by atoms with van der Waals surface area (Å²) in [6.45, 7) is -0.184. The molecule has 2 aromatic rings. The summed E-state index contributed by atoms with van der Waals surface area (Å²) >= 11 is 0. The maximum absolute atomic E-state index is 12.6. The van der Waals surface area contributed by atoms with E-state index in [0.717, 1.165) is 0 Å². The van der Waals surface area contributed by atoms with Gasteiger partial charge in [-0.05, 0) is 44.0 Å². The van der Waals surface area contributed by atoms with Crippen LogP contribution >= 0.6 is 0 Å². The smallest absolute Gasteiger partial charge is 0.387 e. The van der Waals surface area contributed by atoms with Crippen LogP contribution in [0.15, 0.2) is 30.5 Å². The number of likely N-dealkylation sites (tertiary alicyclic amines) is 1. The molecule has 1 aliphatic heterocycles. The summed E-state index contributed by atoms with van der Waals surface area (Å²) in [4.78, 5) is 25.4. The van der Waals surface area contributed by atoms with Crippen LogP contribution in [-0.2, 0) is 0 Å². The van der Waals surface area contributed by atoms with Crippen molar-refractivity contribution in [3.63, 3.8) is 0 Å². The minimum Gasteiger partial charge on any atom is -0.478 e. The molecular weight excluding hydrogens is 360 g/mol. The SMILES string of the molecule is Cc1c(C(=O)O)cnn1C1CCN(C(=O)c2ccc(OC(F)F)cc2)CC1. The fourth-order valence-electron chi connectivity index (χ4n) is 3.28. The third-order valence-electron chi connectivity index (χ3n) is 4.70. The van der Waals surface area contributed by atoms with Crippen molar-refractivity contribution in [2.24, 2.45) is 0 Å². The summed E-state index contributed by atoms with van der Waals surface area (Å²) in [5, 5.41) is 13.3. The van der Waals surface area contributed by atoms with Gasteiger partial charge < -0.3 is 14.7 Å². The van der Waals surface area contributed by atoms with Gasteiger partial charge in [0.25, 0.3) is 5.91 Å². The number of halogens is 2. The van der Waals surface area contributed by atoms with Crippen LogP contribution < -0.4 is 4.74 Å². The third-order valence-corrected chi connectivity index (χ3v) is 4.70. The fraction of sp³-hybridized carbons (Fsp3) is 0.389. The molecular formula is C18H19F2N3O4. The minimum absolute atomic E-state index is 0.00338. The summed E-state index contributed by atoms with van der Waals surface area (Å²) in [5.74, 6) is -1.19. The Balaban J connectivity index is 1.62. The number of amides is 1. The van der Waals surface area contributed by atoms with Crippen LogP contribution in [0.3, 0.4) is 0 Å². The second kappa shape index (κ2) is 7.73. The molecule has 1 saturated heterocycles. The highest BCUT2D eigenvalue weighted by Crippen LogP contribution is 2.26. The number of alkyl halides is 2. The highest BCUT2D eigenvalue weighted by Gasteiger charge is 2.27. The molecule has 0 aliphatic carbocycles. The summed E-state index contributed by atoms with van der Waals surface area (Å²) in [6, 6.07) is 5.63. The second-order valence-corrected chi connectivity index (χ2v) is 6.32. The van der Waals surface area contributed by atoms with Gasteiger partial charge in [-0.15, -0.1) is 0 Å². The predicted molar refractivity (Wildman–Crippen MR) is 91.2 cm³/mol. The van der Waals surface area contributed by atoms with E-state index in [2.05, 4.69) is 9.84 Å². The van der Waals surface area contributed by atoms with Gasteiger partial charge in [0, 0.05) is 18.7 Å². The number of carboxylic acids is 1. The Labute approximate surface area is 154 Å². The fourth-order valence-corrected chi connectivity index (χ4v) is 3.28. The number of piperidine rings is 1. The van der Waals surface area contributed by atoms with E-state index in [-0.39, 0.29) is 23.3 Å². The van der Waals surface area contributed by atoms with Crippen molar-refractivity contribution in [1.82, 2.24) is 14.7 Å². The molecule has 1 fully saturated rings. The molecule has 0 unspecified atom stereocenters. The van der Waals surface area contributed by atoms with Crippen LogP contribution in [0.25, 0.3) is 0 Å². The summed E-state index contributed by atoms with van der Waals surface area (Å²) in [6.07, 6.45) is 2.65. The van der Waals surface area contributed by atoms with Gasteiger partial charge in [0.2, 0.25) is 0 Å². The Bertz CT molecular complexity index is 828. The van der Waals surface area contributed by atoms with Crippen molar-refractivity contribution in [2.75, 3.05) is 13.1 Å². The Morgan fingerprint density at radius 2 is 1.85 bits per heavy atom. The number of aromatic nitrogens is 2. The van der Waals surface area contributed by atoms with Crippen molar-refractivity contribution < 1.29 is 28.2 Å². The molecule has 1 N–H and O–H groups in total. The number of hydrogen-bond acceptors (Lipinski definition) is 4. The standard InChI is InChI=1S/C18H19F2N3O4/c1-11-15(17(25)26)10-21-23(11)13-6-8-22(9-7-13)16(24)12-2-4-14(5-3-12)27-18(19)20/h2-5,10,13,18H,6-9H2,1H3,(H,25,26). The van der Waals surface area contributed by atoms with Crippen LogP contribution in [0.4, 0.5) is 8.78 Å². The molecule has 3 rings (SSSR count). The van der Waals surface area contributed by atoms with Gasteiger partial charge in [0.15, 0.2) is 0 Å². The number of nitrogens with zero attached hydrogens (tertiary/aromatic N) is 3. The molecule has 1 aromatic heterocycles. The van der Waals surface area contributed by atoms with Gasteiger partial charge in [-0.2, -0.15) is 13.9 Å². The van der Waals surface area contributed by atoms with Gasteiger partial charge >= 0.3 is 12.6 Å². The monoisotopic (exact) mass is 379 g/mol. The van der Waals surface area contributed by atoms with E-state index >= 15 is 0 Å². The first-order valence-corrected chi connectivity index (χ1v) is 8.48. The number of benzene rings is 1. The number of ether oxygens (including phenoxy) is 1. The zero-order chi connectivity index (χ0) is 19.6. The largest absolute Gasteiger partial charge is 0.478 e. The number of carbonyl (C=O) groups excluding carboxylic acids is 1. The lowest BCUT2D eigenvalue weighted by Crippen LogP contribution is -2.39. The van der Waals surface area contributed by atoms with Crippen molar-refractivity contribution in [1.29, 1.82) is 0 Å². The molecule has 144 valence electrons. The van der Waals surface area contributed by atoms with Gasteiger partial charge in [-0.25, -0.2) is 4.79 Å². The number of aromatic carboxylic acids is 1. The summed E-state index contributed by atoms with van der Waals surface area (Å²) in [5.41, 5.74) is 1.18. The molecule has 1 aliphatic rings. The van der Waals surface area contributed by atoms with Crippen LogP contribution in [0.1, 0.15) is 45.3 Å². The molecule has 0 atom stereocenters. The highest BCUT2D eigenvalue weighted by atomic mass is 19.3. The Hall–Kier alpha value is -2.97. The molecule has 0 spiro atoms. The lowest BCUT2D eigenvalue weighted by Gasteiger charge is -2.32. The Morgan fingerprint density at radius 1 is 1.22 bits per heavy atom. The molecule has 0 bridgehead atoms. The van der Waals surface area contributed by atoms with Crippen LogP contribution in [0.5, 0.6) is 5.75 Å². The maximum atomic E-state index is 12.6. The maximum Gasteiger partial charge on any atom is 0.387 e. The minimum atomic E-state index is -2.90. The molecule has 0 radical (unpaired) electrons. The van der Waals surface area contributed by atoms with E-state index < -0.39 is 12.6 Å². The van der Waals surface area contributed by atoms with E-state index in [4.69, 9.17) is 5.11 Å². The van der Waals surface area contributed by atoms with E-state index in [9.17, 15) is 18.4 Å². The predicted octanol–water partition coefficient (Wildman–Crippen LogP) is 2.97. The third kappa shape index (κ3) is 4.07. The van der Waals surface area contributed by atoms with E-state index in [1.807, 2.05) is 0 Å². The van der Waals surface area contributed by atoms with Gasteiger partial charge in [-0.1, -0.05) is 0 Å². The quantitative estimate of drug-likeness (QED) is 0.863. The van der Waals surface area contributed by atoms with Crippen molar-refractivity contribution >= 4 is 11.9 Å². The van der Waals surface area contributed by atoms with Gasteiger partial charge in [0.1, 0.15) is 11.3 Å². The van der Waals surface area contributed by atoms with Crippen LogP contribution in [-0.4, -0.2) is 51.4 Å². The number of carbonyl (C=O) groups is 2. The number of carboxylic acid groups (broad SMARTS) is 1. The Kier molecular flexibility index (Phi) is 5.38. The molecule has 1 amide bonds. The molecule has 27 heavy (non-hydrogen) atoms. The second-order valence-electron chi connectivity index (χ2n) is 6.32. The molecule has 0 saturated carbocycles. The first-order valence-electron chi connectivity index (χ1n) is 8.48. The average Bonchev–Trinajstić information content (AvgIpc) is 3.03. The first kappa shape index (κ1) is 18.8. The average molecular weight is 379 g/mol. The number of rotatable bonds is 5. The summed E-state index contributed by atoms with van der Waals surface area (Å²) in [7, 11) is 0. The van der Waals surface area contributed by atoms with E-state index in [0.29, 0.717) is 37.2 Å². The van der Waals surface area contributed by atoms with Gasteiger partial charge in [-0.3, -0.25) is 9.48 Å². The zero-order valence-corrected chi connectivity index (χ0v) is 14.6. The van der Waals surface area contributed by atoms with E-state index in [1.54, 1.807) is 16.5 Å². The molecule has 2 heterocycles. The van der Waals surface area contributed by atoms with Gasteiger partial charge in [0.05, 0.1) is 17.9 Å². The van der Waals surface area contributed by atoms with E-state index in [1.165, 1.54) is 30.5 Å². The zero-order valence-electron chi connectivity index (χ0n) is 14.6. The molecule has 1 aromatic carbocycles. The highest BCUT2D eigenvalue weighted by molar-refractivity contribution is 5.94. The molecule has 9 heteroatoms. The molecule has 7 nitrogen and oxygen atoms in total. The first-order chi connectivity index (χ1) is 12.9. The Morgan fingerprint density at radius 3 is 2.37 bits per heavy atom. The number of hydrogen-bond donors (Lipinski definition) is 1. The lowest BCUT2D eigenvalue weighted by atomic mass is 10.0. The normalized spacial score (nSPS) is 15.2. The van der Waals surface area contributed by atoms with Crippen molar-refractivity contribution in [3.05, 3.63) is 47.3 Å². The lowest BCUT2D eigenvalue weighted by molar-refractivity contribution is -0.0498. The van der Waals surface area contributed by atoms with Crippen molar-refractivity contribution in [2.45, 2.75) is 32.4 Å². The summed E-state index contributed by atoms with van der Waals surface area (Å²) < 4.78 is 30.4. The van der Waals surface area contributed by atoms with Crippen molar-refractivity contribution in [3.8, 4) is 5.75 Å². The topological polar surface area (TPSA) is 84.7 Å². The van der Waals surface area contributed by atoms with Crippen LogP contribution in [0, 0.1) is 6.92 Å².